The van der Waals surface area contributed by atoms with E-state index in [1.165, 1.54) is 0 Å². The number of hydrogen-bond acceptors (Lipinski definition) is 3. The van der Waals surface area contributed by atoms with E-state index in [4.69, 9.17) is 10.8 Å². The number of nitrogens with two attached hydrogens (primary N) is 1. The van der Waals surface area contributed by atoms with Gasteiger partial charge in [0.15, 0.2) is 0 Å². The van der Waals surface area contributed by atoms with Gasteiger partial charge in [0.1, 0.15) is 0 Å². The Bertz CT molecular complexity index is 415. The first-order valence-corrected chi connectivity index (χ1v) is 5.79. The summed E-state index contributed by atoms with van der Waals surface area (Å²) in [6.45, 7) is 2.34. The van der Waals surface area contributed by atoms with Gasteiger partial charge in [-0.3, -0.25) is 9.59 Å². The number of carbonyl (C=O) groups is 2. The van der Waals surface area contributed by atoms with E-state index in [9.17, 15) is 9.59 Å². The third-order valence-corrected chi connectivity index (χ3v) is 2.62. The van der Waals surface area contributed by atoms with Crippen molar-refractivity contribution < 1.29 is 14.7 Å². The van der Waals surface area contributed by atoms with E-state index >= 15 is 0 Å². The monoisotopic (exact) mass is 250 g/mol. The second kappa shape index (κ2) is 6.76. The number of carbonyl (C=O) groups excluding carboxylic acids is 1. The number of nitrogens with one attached hydrogen (secondary N) is 1. The van der Waals surface area contributed by atoms with Crippen LogP contribution >= 0.6 is 0 Å². The van der Waals surface area contributed by atoms with E-state index in [1.807, 2.05) is 31.2 Å². The number of carboxylic acid groups (broad SMARTS) is 1. The zero-order valence-electron chi connectivity index (χ0n) is 10.3. The highest BCUT2D eigenvalue weighted by molar-refractivity contribution is 5.73. The Hall–Kier alpha value is -1.88. The summed E-state index contributed by atoms with van der Waals surface area (Å²) in [6, 6.07) is 7.34. The van der Waals surface area contributed by atoms with Crippen molar-refractivity contribution in [3.05, 3.63) is 35.4 Å². The minimum absolute atomic E-state index is 0.0260. The Morgan fingerprint density at radius 2 is 1.94 bits per heavy atom. The molecule has 0 aliphatic heterocycles. The van der Waals surface area contributed by atoms with E-state index < -0.39 is 11.9 Å². The second-order valence-corrected chi connectivity index (χ2v) is 4.23. The van der Waals surface area contributed by atoms with Gasteiger partial charge in [-0.05, 0) is 12.5 Å². The summed E-state index contributed by atoms with van der Waals surface area (Å²) in [6.07, 6.45) is 0.170. The quantitative estimate of drug-likeness (QED) is 0.672. The minimum atomic E-state index is -0.882. The molecule has 1 atom stereocenters. The largest absolute Gasteiger partial charge is 0.481 e. The van der Waals surface area contributed by atoms with Crippen LogP contribution in [0.15, 0.2) is 24.3 Å². The molecule has 0 fully saturated rings. The van der Waals surface area contributed by atoms with E-state index in [2.05, 4.69) is 5.32 Å². The molecule has 1 aromatic carbocycles. The fourth-order valence-electron chi connectivity index (χ4n) is 1.65. The Morgan fingerprint density at radius 1 is 1.33 bits per heavy atom. The van der Waals surface area contributed by atoms with Gasteiger partial charge >= 0.3 is 5.97 Å². The van der Waals surface area contributed by atoms with Crippen molar-refractivity contribution in [1.82, 2.24) is 5.32 Å². The number of carboxylic acids is 1. The van der Waals surface area contributed by atoms with Crippen LogP contribution in [0, 0.1) is 6.92 Å². The van der Waals surface area contributed by atoms with E-state index in [0.29, 0.717) is 6.54 Å². The maximum absolute atomic E-state index is 10.8. The molecule has 18 heavy (non-hydrogen) atoms. The summed E-state index contributed by atoms with van der Waals surface area (Å²) in [5, 5.41) is 11.9. The fraction of sp³-hybridized carbons (Fsp3) is 0.385. The van der Waals surface area contributed by atoms with Crippen LogP contribution in [0.2, 0.25) is 0 Å². The van der Waals surface area contributed by atoms with Crippen LogP contribution in [-0.4, -0.2) is 23.5 Å². The van der Waals surface area contributed by atoms with Crippen molar-refractivity contribution in [1.29, 1.82) is 0 Å². The maximum Gasteiger partial charge on any atom is 0.305 e. The van der Waals surface area contributed by atoms with Gasteiger partial charge in [-0.25, -0.2) is 0 Å². The molecule has 1 amide bonds. The molecule has 5 nitrogen and oxygen atoms in total. The van der Waals surface area contributed by atoms with Crippen molar-refractivity contribution in [3.8, 4) is 0 Å². The number of hydrogen-bond donors (Lipinski definition) is 3. The van der Waals surface area contributed by atoms with E-state index in [0.717, 1.165) is 11.1 Å². The standard InChI is InChI=1S/C13H18N2O3/c1-9-2-4-10(5-3-9)11(8-13(17)18)15-7-6-12(14)16/h2-5,11,15H,6-8H2,1H3,(H2,14,16)(H,17,18). The highest BCUT2D eigenvalue weighted by Crippen LogP contribution is 2.17. The van der Waals surface area contributed by atoms with Crippen LogP contribution in [0.1, 0.15) is 30.0 Å². The molecule has 1 aromatic rings. The van der Waals surface area contributed by atoms with Crippen molar-refractivity contribution in [2.24, 2.45) is 5.73 Å². The van der Waals surface area contributed by atoms with Gasteiger partial charge in [0.25, 0.3) is 0 Å². The molecule has 0 radical (unpaired) electrons. The molecular formula is C13H18N2O3. The molecule has 98 valence electrons. The number of amides is 1. The zero-order valence-corrected chi connectivity index (χ0v) is 10.3. The van der Waals surface area contributed by atoms with E-state index in [1.54, 1.807) is 0 Å². The molecule has 5 heteroatoms. The number of primary amides is 1. The predicted molar refractivity (Wildman–Crippen MR) is 68.0 cm³/mol. The molecule has 4 N–H and O–H groups in total. The number of benzene rings is 1. The number of aliphatic carboxylic acids is 1. The lowest BCUT2D eigenvalue weighted by Crippen LogP contribution is -2.27. The molecule has 0 aliphatic carbocycles. The van der Waals surface area contributed by atoms with Gasteiger partial charge in [0.2, 0.25) is 5.91 Å². The Balaban J connectivity index is 2.68. The van der Waals surface area contributed by atoms with Gasteiger partial charge in [-0.1, -0.05) is 29.8 Å². The Kier molecular flexibility index (Phi) is 5.32. The predicted octanol–water partition coefficient (Wildman–Crippen LogP) is 0.976. The lowest BCUT2D eigenvalue weighted by atomic mass is 10.0. The summed E-state index contributed by atoms with van der Waals surface area (Å²) in [5.74, 6) is -1.28. The van der Waals surface area contributed by atoms with Gasteiger partial charge in [-0.2, -0.15) is 0 Å². The van der Waals surface area contributed by atoms with E-state index in [-0.39, 0.29) is 18.9 Å². The highest BCUT2D eigenvalue weighted by atomic mass is 16.4. The SMILES string of the molecule is Cc1ccc(C(CC(=O)O)NCCC(N)=O)cc1. The van der Waals surface area contributed by atoms with Crippen LogP contribution in [0.5, 0.6) is 0 Å². The first-order chi connectivity index (χ1) is 8.49. The molecule has 0 saturated heterocycles. The highest BCUT2D eigenvalue weighted by Gasteiger charge is 2.14. The summed E-state index contributed by atoms with van der Waals surface area (Å²) < 4.78 is 0. The molecule has 0 saturated carbocycles. The number of rotatable bonds is 7. The smallest absolute Gasteiger partial charge is 0.305 e. The number of aryl methyl sites for hydroxylation is 1. The van der Waals surface area contributed by atoms with Crippen molar-refractivity contribution in [2.45, 2.75) is 25.8 Å². The summed E-state index contributed by atoms with van der Waals surface area (Å²) >= 11 is 0. The molecule has 0 spiro atoms. The molecule has 0 heterocycles. The van der Waals surface area contributed by atoms with Gasteiger partial charge in [0.05, 0.1) is 6.42 Å². The van der Waals surface area contributed by atoms with Crippen molar-refractivity contribution in [3.63, 3.8) is 0 Å². The molecule has 1 unspecified atom stereocenters. The second-order valence-electron chi connectivity index (χ2n) is 4.23. The minimum Gasteiger partial charge on any atom is -0.481 e. The van der Waals surface area contributed by atoms with Crippen LogP contribution in [0.25, 0.3) is 0 Å². The third-order valence-electron chi connectivity index (χ3n) is 2.62. The lowest BCUT2D eigenvalue weighted by Gasteiger charge is -2.17. The maximum atomic E-state index is 10.8. The van der Waals surface area contributed by atoms with Crippen LogP contribution in [-0.2, 0) is 9.59 Å². The summed E-state index contributed by atoms with van der Waals surface area (Å²) in [4.78, 5) is 21.5. The van der Waals surface area contributed by atoms with Crippen molar-refractivity contribution >= 4 is 11.9 Å². The molecule has 0 aliphatic rings. The average molecular weight is 250 g/mol. The first-order valence-electron chi connectivity index (χ1n) is 5.79. The molecule has 0 bridgehead atoms. The Labute approximate surface area is 106 Å². The normalized spacial score (nSPS) is 12.1. The Morgan fingerprint density at radius 3 is 2.44 bits per heavy atom. The summed E-state index contributed by atoms with van der Waals surface area (Å²) in [7, 11) is 0. The zero-order chi connectivity index (χ0) is 13.5. The first kappa shape index (κ1) is 14.2. The summed E-state index contributed by atoms with van der Waals surface area (Å²) in [5.41, 5.74) is 7.05. The van der Waals surface area contributed by atoms with Gasteiger partial charge in [-0.15, -0.1) is 0 Å². The average Bonchev–Trinajstić information content (AvgIpc) is 2.28. The van der Waals surface area contributed by atoms with Crippen LogP contribution in [0.4, 0.5) is 0 Å². The topological polar surface area (TPSA) is 92.4 Å². The third kappa shape index (κ3) is 4.97. The van der Waals surface area contributed by atoms with Gasteiger partial charge in [0, 0.05) is 19.0 Å². The molecule has 1 rings (SSSR count). The fourth-order valence-corrected chi connectivity index (χ4v) is 1.65. The van der Waals surface area contributed by atoms with Gasteiger partial charge < -0.3 is 16.2 Å². The molecular weight excluding hydrogens is 232 g/mol. The molecule has 0 aromatic heterocycles. The van der Waals surface area contributed by atoms with Crippen LogP contribution < -0.4 is 11.1 Å². The lowest BCUT2D eigenvalue weighted by molar-refractivity contribution is -0.137. The van der Waals surface area contributed by atoms with Crippen molar-refractivity contribution in [2.75, 3.05) is 6.54 Å². The van der Waals surface area contributed by atoms with Crippen LogP contribution in [0.3, 0.4) is 0 Å².